The van der Waals surface area contributed by atoms with Crippen LogP contribution in [0.2, 0.25) is 0 Å². The molecule has 0 saturated heterocycles. The zero-order chi connectivity index (χ0) is 18.7. The van der Waals surface area contributed by atoms with Gasteiger partial charge in [-0.15, -0.1) is 0 Å². The van der Waals surface area contributed by atoms with E-state index in [4.69, 9.17) is 8.83 Å². The van der Waals surface area contributed by atoms with Gasteiger partial charge in [-0.2, -0.15) is 13.2 Å². The number of carbonyl (C=O) groups is 1. The highest BCUT2D eigenvalue weighted by Gasteiger charge is 2.33. The summed E-state index contributed by atoms with van der Waals surface area (Å²) in [5.74, 6) is -1.16. The number of benzene rings is 1. The van der Waals surface area contributed by atoms with Gasteiger partial charge >= 0.3 is 11.9 Å². The lowest BCUT2D eigenvalue weighted by molar-refractivity contribution is -0.163. The number of carbonyl (C=O) groups excluding carboxylic acids is 1. The first-order chi connectivity index (χ1) is 12.3. The van der Waals surface area contributed by atoms with Gasteiger partial charge in [0.25, 0.3) is 0 Å². The second-order valence-electron chi connectivity index (χ2n) is 5.68. The van der Waals surface area contributed by atoms with Gasteiger partial charge in [-0.3, -0.25) is 9.36 Å². The lowest BCUT2D eigenvalue weighted by Gasteiger charge is -2.23. The van der Waals surface area contributed by atoms with Crippen molar-refractivity contribution in [1.29, 1.82) is 0 Å². The van der Waals surface area contributed by atoms with E-state index in [0.29, 0.717) is 16.0 Å². The monoisotopic (exact) mass is 368 g/mol. The van der Waals surface area contributed by atoms with E-state index in [1.165, 1.54) is 23.0 Å². The summed E-state index contributed by atoms with van der Waals surface area (Å²) in [5.41, 5.74) is 0.839. The van der Waals surface area contributed by atoms with Gasteiger partial charge in [0, 0.05) is 13.0 Å². The highest BCUT2D eigenvalue weighted by molar-refractivity contribution is 5.77. The second kappa shape index (κ2) is 7.11. The molecular weight excluding hydrogens is 353 g/mol. The van der Waals surface area contributed by atoms with E-state index >= 15 is 0 Å². The topological polar surface area (TPSA) is 68.6 Å². The van der Waals surface area contributed by atoms with E-state index in [-0.39, 0.29) is 25.3 Å². The van der Waals surface area contributed by atoms with Crippen molar-refractivity contribution >= 4 is 17.0 Å². The van der Waals surface area contributed by atoms with Crippen LogP contribution in [0.1, 0.15) is 12.2 Å². The molecule has 0 radical (unpaired) electrons. The first kappa shape index (κ1) is 17.8. The predicted molar refractivity (Wildman–Crippen MR) is 85.3 cm³/mol. The van der Waals surface area contributed by atoms with Crippen LogP contribution in [0, 0.1) is 0 Å². The SMILES string of the molecule is O=C(CCn1c(=O)oc2ccccc21)N(Cc1ccco1)CC(F)(F)F. The number of furan rings is 1. The van der Waals surface area contributed by atoms with Crippen molar-refractivity contribution in [2.75, 3.05) is 6.54 Å². The third kappa shape index (κ3) is 4.16. The molecule has 2 aromatic heterocycles. The lowest BCUT2D eigenvalue weighted by Crippen LogP contribution is -2.39. The van der Waals surface area contributed by atoms with Crippen molar-refractivity contribution < 1.29 is 26.8 Å². The number of halogens is 3. The number of amides is 1. The number of para-hydroxylation sites is 2. The van der Waals surface area contributed by atoms with Crippen LogP contribution in [0.25, 0.3) is 11.1 Å². The van der Waals surface area contributed by atoms with Crippen LogP contribution >= 0.6 is 0 Å². The van der Waals surface area contributed by atoms with Gasteiger partial charge in [-0.1, -0.05) is 12.1 Å². The normalized spacial score (nSPS) is 11.8. The van der Waals surface area contributed by atoms with Crippen molar-refractivity contribution in [1.82, 2.24) is 9.47 Å². The average molecular weight is 368 g/mol. The first-order valence-electron chi connectivity index (χ1n) is 7.79. The van der Waals surface area contributed by atoms with Gasteiger partial charge in [0.05, 0.1) is 18.3 Å². The Morgan fingerprint density at radius 3 is 2.62 bits per heavy atom. The predicted octanol–water partition coefficient (Wildman–Crippen LogP) is 3.17. The molecule has 0 bridgehead atoms. The summed E-state index contributed by atoms with van der Waals surface area (Å²) < 4.78 is 49.7. The number of oxazole rings is 1. The van der Waals surface area contributed by atoms with E-state index in [2.05, 4.69) is 0 Å². The minimum Gasteiger partial charge on any atom is -0.467 e. The smallest absolute Gasteiger partial charge is 0.419 e. The van der Waals surface area contributed by atoms with Crippen LogP contribution in [0.5, 0.6) is 0 Å². The number of rotatable bonds is 6. The molecule has 26 heavy (non-hydrogen) atoms. The first-order valence-corrected chi connectivity index (χ1v) is 7.79. The van der Waals surface area contributed by atoms with Crippen LogP contribution in [0.4, 0.5) is 13.2 Å². The number of aryl methyl sites for hydroxylation is 1. The molecule has 1 aromatic carbocycles. The molecule has 0 atom stereocenters. The molecule has 0 saturated carbocycles. The third-order valence-electron chi connectivity index (χ3n) is 3.77. The van der Waals surface area contributed by atoms with E-state index in [0.717, 1.165) is 0 Å². The van der Waals surface area contributed by atoms with E-state index in [1.807, 2.05) is 0 Å². The molecule has 2 heterocycles. The Morgan fingerprint density at radius 2 is 1.92 bits per heavy atom. The zero-order valence-corrected chi connectivity index (χ0v) is 13.5. The van der Waals surface area contributed by atoms with Crippen LogP contribution in [-0.2, 0) is 17.9 Å². The van der Waals surface area contributed by atoms with E-state index in [1.54, 1.807) is 24.3 Å². The lowest BCUT2D eigenvalue weighted by atomic mass is 10.3. The second-order valence-corrected chi connectivity index (χ2v) is 5.68. The zero-order valence-electron chi connectivity index (χ0n) is 13.5. The maximum absolute atomic E-state index is 12.8. The Morgan fingerprint density at radius 1 is 1.15 bits per heavy atom. The highest BCUT2D eigenvalue weighted by atomic mass is 19.4. The maximum atomic E-state index is 12.8. The molecule has 3 rings (SSSR count). The fourth-order valence-electron chi connectivity index (χ4n) is 2.63. The molecule has 0 aliphatic carbocycles. The minimum atomic E-state index is -4.54. The summed E-state index contributed by atoms with van der Waals surface area (Å²) in [7, 11) is 0. The largest absolute Gasteiger partial charge is 0.467 e. The number of fused-ring (bicyclic) bond motifs is 1. The molecule has 0 spiro atoms. The molecule has 1 amide bonds. The Balaban J connectivity index is 1.74. The molecule has 0 aliphatic heterocycles. The van der Waals surface area contributed by atoms with Crippen LogP contribution < -0.4 is 5.76 Å². The molecule has 9 heteroatoms. The molecule has 138 valence electrons. The summed E-state index contributed by atoms with van der Waals surface area (Å²) in [4.78, 5) is 24.9. The number of hydrogen-bond donors (Lipinski definition) is 0. The van der Waals surface area contributed by atoms with Crippen molar-refractivity contribution in [2.45, 2.75) is 25.7 Å². The fraction of sp³-hybridized carbons (Fsp3) is 0.294. The van der Waals surface area contributed by atoms with Crippen molar-refractivity contribution in [3.63, 3.8) is 0 Å². The summed E-state index contributed by atoms with van der Waals surface area (Å²) in [6.45, 7) is -1.78. The van der Waals surface area contributed by atoms with Crippen LogP contribution in [0.3, 0.4) is 0 Å². The van der Waals surface area contributed by atoms with E-state index < -0.39 is 24.4 Å². The van der Waals surface area contributed by atoms with Crippen molar-refractivity contribution in [3.8, 4) is 0 Å². The summed E-state index contributed by atoms with van der Waals surface area (Å²) in [5, 5.41) is 0. The van der Waals surface area contributed by atoms with Gasteiger partial charge in [0.1, 0.15) is 12.3 Å². The highest BCUT2D eigenvalue weighted by Crippen LogP contribution is 2.19. The summed E-state index contributed by atoms with van der Waals surface area (Å²) in [6, 6.07) is 9.65. The Bertz CT molecular complexity index is 941. The average Bonchev–Trinajstić information content (AvgIpc) is 3.18. The quantitative estimate of drug-likeness (QED) is 0.670. The van der Waals surface area contributed by atoms with Crippen molar-refractivity contribution in [3.05, 3.63) is 59.0 Å². The van der Waals surface area contributed by atoms with Gasteiger partial charge in [-0.05, 0) is 24.3 Å². The summed E-state index contributed by atoms with van der Waals surface area (Å²) >= 11 is 0. The molecule has 3 aromatic rings. The van der Waals surface area contributed by atoms with Crippen LogP contribution in [0.15, 0.2) is 56.3 Å². The Hall–Kier alpha value is -2.97. The van der Waals surface area contributed by atoms with Gasteiger partial charge in [0.15, 0.2) is 5.58 Å². The van der Waals surface area contributed by atoms with E-state index in [9.17, 15) is 22.8 Å². The summed E-state index contributed by atoms with van der Waals surface area (Å²) in [6.07, 6.45) is -3.50. The number of hydrogen-bond acceptors (Lipinski definition) is 4. The number of alkyl halides is 3. The van der Waals surface area contributed by atoms with Crippen LogP contribution in [-0.4, -0.2) is 28.1 Å². The fourth-order valence-corrected chi connectivity index (χ4v) is 2.63. The number of aromatic nitrogens is 1. The molecule has 0 aliphatic rings. The Kier molecular flexibility index (Phi) is 4.88. The van der Waals surface area contributed by atoms with Gasteiger partial charge in [0.2, 0.25) is 5.91 Å². The number of nitrogens with zero attached hydrogens (tertiary/aromatic N) is 2. The minimum absolute atomic E-state index is 0.0822. The molecule has 6 nitrogen and oxygen atoms in total. The third-order valence-corrected chi connectivity index (χ3v) is 3.77. The molecule has 0 fully saturated rings. The molecule has 0 unspecified atom stereocenters. The van der Waals surface area contributed by atoms with Gasteiger partial charge < -0.3 is 13.7 Å². The van der Waals surface area contributed by atoms with Gasteiger partial charge in [-0.25, -0.2) is 4.79 Å². The maximum Gasteiger partial charge on any atom is 0.419 e. The molecule has 0 N–H and O–H groups in total. The van der Waals surface area contributed by atoms with Crippen molar-refractivity contribution in [2.24, 2.45) is 0 Å². The standard InChI is InChI=1S/C17H15F3N2O4/c18-17(19,20)11-21(10-12-4-3-9-25-12)15(23)7-8-22-13-5-1-2-6-14(13)26-16(22)24/h1-6,9H,7-8,10-11H2. The Labute approximate surface area is 145 Å². The molecular formula is C17H15F3N2O4.